The molecule has 1 fully saturated rings. The molecule has 4 aromatic rings. The van der Waals surface area contributed by atoms with Crippen LogP contribution in [0.5, 0.6) is 5.75 Å². The molecule has 2 atom stereocenters. The highest BCUT2D eigenvalue weighted by atomic mass is 16.5. The molecule has 148 valence electrons. The van der Waals surface area contributed by atoms with Gasteiger partial charge >= 0.3 is 0 Å². The lowest BCUT2D eigenvalue weighted by Crippen LogP contribution is -2.25. The lowest BCUT2D eigenvalue weighted by molar-refractivity contribution is 0.0614. The number of ether oxygens (including phenoxy) is 1. The summed E-state index contributed by atoms with van der Waals surface area (Å²) in [6.07, 6.45) is 3.67. The second-order valence-electron chi connectivity index (χ2n) is 7.32. The van der Waals surface area contributed by atoms with Gasteiger partial charge in [0.1, 0.15) is 17.7 Å². The quantitative estimate of drug-likeness (QED) is 0.483. The maximum atomic E-state index is 10.2. The molecule has 8 heteroatoms. The van der Waals surface area contributed by atoms with Crippen LogP contribution in [0, 0.1) is 0 Å². The van der Waals surface area contributed by atoms with Gasteiger partial charge in [-0.05, 0) is 24.8 Å². The number of hydrogen-bond donors (Lipinski definition) is 3. The summed E-state index contributed by atoms with van der Waals surface area (Å²) in [5, 5.41) is 25.9. The second kappa shape index (κ2) is 7.21. The van der Waals surface area contributed by atoms with Gasteiger partial charge < -0.3 is 15.2 Å². The zero-order valence-corrected chi connectivity index (χ0v) is 16.0. The first-order valence-electron chi connectivity index (χ1n) is 9.73. The molecule has 0 radical (unpaired) electrons. The van der Waals surface area contributed by atoms with E-state index in [0.29, 0.717) is 23.0 Å². The summed E-state index contributed by atoms with van der Waals surface area (Å²) in [5.74, 6) is 1.93. The highest BCUT2D eigenvalue weighted by Gasteiger charge is 2.28. The summed E-state index contributed by atoms with van der Waals surface area (Å²) in [6, 6.07) is 13.8. The van der Waals surface area contributed by atoms with E-state index in [4.69, 9.17) is 4.74 Å². The van der Waals surface area contributed by atoms with Gasteiger partial charge in [0.2, 0.25) is 0 Å². The molecule has 0 bridgehead atoms. The minimum Gasteiger partial charge on any atom is -0.487 e. The number of aromatic amines is 1. The maximum absolute atomic E-state index is 10.2. The molecular formula is C21H22N6O2. The van der Waals surface area contributed by atoms with Gasteiger partial charge in [0.15, 0.2) is 11.5 Å². The number of aliphatic hydroxyl groups is 1. The predicted molar refractivity (Wildman–Crippen MR) is 110 cm³/mol. The summed E-state index contributed by atoms with van der Waals surface area (Å²) >= 11 is 0. The lowest BCUT2D eigenvalue weighted by Gasteiger charge is -2.18. The average molecular weight is 390 g/mol. The van der Waals surface area contributed by atoms with E-state index in [1.54, 1.807) is 10.9 Å². The van der Waals surface area contributed by atoms with Gasteiger partial charge in [-0.3, -0.25) is 9.78 Å². The summed E-state index contributed by atoms with van der Waals surface area (Å²) < 4.78 is 7.86. The standard InChI is InChI=1S/C21H22N6O2/c1-27-21-14(12-22-27)18(29-17-9-5-8-16(17)28)11-19(24-21)23-20-10-15(25-26-20)13-6-3-2-4-7-13/h2-4,6-7,10-12,16-17,28H,5,8-9H2,1H3,(H2,23,24,25,26)/t16-,17+/m1/s1. The van der Waals surface area contributed by atoms with E-state index in [0.717, 1.165) is 35.9 Å². The van der Waals surface area contributed by atoms with Crippen LogP contribution in [0.15, 0.2) is 48.7 Å². The van der Waals surface area contributed by atoms with Crippen LogP contribution in [0.3, 0.4) is 0 Å². The number of nitrogens with zero attached hydrogens (tertiary/aromatic N) is 4. The Morgan fingerprint density at radius 2 is 2.03 bits per heavy atom. The van der Waals surface area contributed by atoms with Crippen molar-refractivity contribution in [3.8, 4) is 17.0 Å². The number of hydrogen-bond acceptors (Lipinski definition) is 6. The molecule has 1 aromatic carbocycles. The number of aliphatic hydroxyl groups excluding tert-OH is 1. The van der Waals surface area contributed by atoms with Crippen molar-refractivity contribution in [3.05, 3.63) is 48.7 Å². The van der Waals surface area contributed by atoms with Gasteiger partial charge in [0, 0.05) is 19.2 Å². The fourth-order valence-electron chi connectivity index (χ4n) is 3.74. The number of nitrogens with one attached hydrogen (secondary N) is 2. The van der Waals surface area contributed by atoms with Crippen molar-refractivity contribution in [2.75, 3.05) is 5.32 Å². The summed E-state index contributed by atoms with van der Waals surface area (Å²) in [7, 11) is 1.84. The Balaban J connectivity index is 1.46. The molecule has 3 N–H and O–H groups in total. The van der Waals surface area contributed by atoms with Crippen LogP contribution in [-0.2, 0) is 7.05 Å². The monoisotopic (exact) mass is 390 g/mol. The Kier molecular flexibility index (Phi) is 4.40. The number of benzene rings is 1. The fourth-order valence-corrected chi connectivity index (χ4v) is 3.74. The summed E-state index contributed by atoms with van der Waals surface area (Å²) in [6.45, 7) is 0. The Morgan fingerprint density at radius 1 is 1.17 bits per heavy atom. The predicted octanol–water partition coefficient (Wildman–Crippen LogP) is 3.39. The molecule has 0 aliphatic heterocycles. The van der Waals surface area contributed by atoms with E-state index in [9.17, 15) is 5.11 Å². The SMILES string of the molecule is Cn1ncc2c(O[C@H]3CCC[C@H]3O)cc(Nc3cc(-c4ccccc4)[nH]n3)nc21. The van der Waals surface area contributed by atoms with Gasteiger partial charge in [-0.15, -0.1) is 0 Å². The van der Waals surface area contributed by atoms with Crippen molar-refractivity contribution in [2.45, 2.75) is 31.5 Å². The first-order chi connectivity index (χ1) is 14.2. The molecule has 1 aliphatic rings. The first-order valence-corrected chi connectivity index (χ1v) is 9.73. The maximum Gasteiger partial charge on any atom is 0.163 e. The molecule has 1 aliphatic carbocycles. The highest BCUT2D eigenvalue weighted by Crippen LogP contribution is 2.32. The molecule has 8 nitrogen and oxygen atoms in total. The Labute approximate surface area is 167 Å². The van der Waals surface area contributed by atoms with Crippen molar-refractivity contribution in [2.24, 2.45) is 7.05 Å². The average Bonchev–Trinajstić information content (AvgIpc) is 3.45. The van der Waals surface area contributed by atoms with E-state index in [1.165, 1.54) is 0 Å². The second-order valence-corrected chi connectivity index (χ2v) is 7.32. The van der Waals surface area contributed by atoms with E-state index in [2.05, 4.69) is 25.6 Å². The molecule has 0 amide bonds. The van der Waals surface area contributed by atoms with Crippen LogP contribution in [-0.4, -0.2) is 42.3 Å². The minimum atomic E-state index is -0.439. The van der Waals surface area contributed by atoms with E-state index >= 15 is 0 Å². The van der Waals surface area contributed by atoms with Crippen molar-refractivity contribution < 1.29 is 9.84 Å². The number of H-pyrrole nitrogens is 1. The van der Waals surface area contributed by atoms with Gasteiger partial charge in [-0.2, -0.15) is 10.2 Å². The molecule has 29 heavy (non-hydrogen) atoms. The number of aromatic nitrogens is 5. The highest BCUT2D eigenvalue weighted by molar-refractivity contribution is 5.84. The number of aryl methyl sites for hydroxylation is 1. The van der Waals surface area contributed by atoms with E-state index < -0.39 is 6.10 Å². The van der Waals surface area contributed by atoms with Gasteiger partial charge in [-0.25, -0.2) is 4.98 Å². The van der Waals surface area contributed by atoms with Crippen LogP contribution >= 0.6 is 0 Å². The van der Waals surface area contributed by atoms with Crippen molar-refractivity contribution >= 4 is 22.7 Å². The van der Waals surface area contributed by atoms with Gasteiger partial charge in [0.05, 0.1) is 23.4 Å². The molecule has 0 unspecified atom stereocenters. The smallest absolute Gasteiger partial charge is 0.163 e. The normalized spacial score (nSPS) is 19.0. The largest absolute Gasteiger partial charge is 0.487 e. The zero-order valence-electron chi connectivity index (χ0n) is 16.0. The first kappa shape index (κ1) is 17.7. The third-order valence-electron chi connectivity index (χ3n) is 5.28. The third-order valence-corrected chi connectivity index (χ3v) is 5.28. The molecule has 0 spiro atoms. The van der Waals surface area contributed by atoms with Crippen LogP contribution in [0.4, 0.5) is 11.6 Å². The van der Waals surface area contributed by atoms with Crippen molar-refractivity contribution in [3.63, 3.8) is 0 Å². The summed E-state index contributed by atoms with van der Waals surface area (Å²) in [5.41, 5.74) is 2.68. The molecule has 1 saturated carbocycles. The van der Waals surface area contributed by atoms with E-state index in [1.807, 2.05) is 49.5 Å². The Hall–Kier alpha value is -3.39. The van der Waals surface area contributed by atoms with E-state index in [-0.39, 0.29) is 6.10 Å². The van der Waals surface area contributed by atoms with Crippen molar-refractivity contribution in [1.82, 2.24) is 25.0 Å². The van der Waals surface area contributed by atoms with Crippen LogP contribution in [0.2, 0.25) is 0 Å². The van der Waals surface area contributed by atoms with Crippen molar-refractivity contribution in [1.29, 1.82) is 0 Å². The summed E-state index contributed by atoms with van der Waals surface area (Å²) in [4.78, 5) is 4.66. The Morgan fingerprint density at radius 3 is 2.83 bits per heavy atom. The van der Waals surface area contributed by atoms with Crippen LogP contribution in [0.25, 0.3) is 22.3 Å². The number of rotatable bonds is 5. The third kappa shape index (κ3) is 3.42. The van der Waals surface area contributed by atoms with Gasteiger partial charge in [-0.1, -0.05) is 30.3 Å². The minimum absolute atomic E-state index is 0.205. The molecule has 3 heterocycles. The molecule has 5 rings (SSSR count). The molecule has 0 saturated heterocycles. The number of fused-ring (bicyclic) bond motifs is 1. The number of pyridine rings is 1. The van der Waals surface area contributed by atoms with Crippen LogP contribution < -0.4 is 10.1 Å². The van der Waals surface area contributed by atoms with Gasteiger partial charge in [0.25, 0.3) is 0 Å². The molecular weight excluding hydrogens is 368 g/mol. The topological polar surface area (TPSA) is 101 Å². The number of anilines is 2. The zero-order chi connectivity index (χ0) is 19.8. The lowest BCUT2D eigenvalue weighted by atomic mass is 10.2. The Bertz CT molecular complexity index is 1140. The fraction of sp³-hybridized carbons (Fsp3) is 0.286. The van der Waals surface area contributed by atoms with Crippen LogP contribution in [0.1, 0.15) is 19.3 Å². The molecule has 3 aromatic heterocycles.